The second kappa shape index (κ2) is 7.53. The van der Waals surface area contributed by atoms with Crippen LogP contribution in [-0.4, -0.2) is 39.3 Å². The molecule has 1 aromatic carbocycles. The molecule has 0 aromatic heterocycles. The van der Waals surface area contributed by atoms with Crippen LogP contribution in [-0.2, 0) is 20.5 Å². The summed E-state index contributed by atoms with van der Waals surface area (Å²) >= 11 is 0. The second-order valence-electron chi connectivity index (χ2n) is 5.10. The lowest BCUT2D eigenvalue weighted by molar-refractivity contribution is 0.0600. The zero-order valence-corrected chi connectivity index (χ0v) is 13.2. The molecule has 0 bridgehead atoms. The van der Waals surface area contributed by atoms with Gasteiger partial charge in [-0.3, -0.25) is 0 Å². The van der Waals surface area contributed by atoms with E-state index in [4.69, 9.17) is 0 Å². The average molecular weight is 315 g/mol. The van der Waals surface area contributed by atoms with Crippen molar-refractivity contribution in [2.75, 3.05) is 13.7 Å². The average Bonchev–Trinajstić information content (AvgIpc) is 2.44. The molecule has 118 valence electrons. The van der Waals surface area contributed by atoms with Crippen molar-refractivity contribution >= 4 is 16.0 Å². The van der Waals surface area contributed by atoms with Gasteiger partial charge in [0.25, 0.3) is 0 Å². The van der Waals surface area contributed by atoms with Crippen LogP contribution in [0.15, 0.2) is 24.3 Å². The van der Waals surface area contributed by atoms with Gasteiger partial charge in [-0.2, -0.15) is 0 Å². The van der Waals surface area contributed by atoms with Gasteiger partial charge in [0.05, 0.1) is 25.0 Å². The Kier molecular flexibility index (Phi) is 6.32. The third-order valence-corrected chi connectivity index (χ3v) is 4.44. The number of methoxy groups -OCH3 is 1. The van der Waals surface area contributed by atoms with Crippen LogP contribution in [0, 0.1) is 5.92 Å². The third-order valence-electron chi connectivity index (χ3n) is 3.06. The number of carbonyl (C=O) groups is 1. The molecule has 21 heavy (non-hydrogen) atoms. The number of carbonyl (C=O) groups excluding carboxylic acids is 1. The van der Waals surface area contributed by atoms with E-state index < -0.39 is 22.0 Å². The van der Waals surface area contributed by atoms with E-state index in [0.717, 1.165) is 0 Å². The molecule has 1 atom stereocenters. The molecular weight excluding hydrogens is 294 g/mol. The van der Waals surface area contributed by atoms with Crippen LogP contribution >= 0.6 is 0 Å². The van der Waals surface area contributed by atoms with Crippen molar-refractivity contribution in [2.45, 2.75) is 25.6 Å². The Labute approximate surface area is 125 Å². The fourth-order valence-electron chi connectivity index (χ4n) is 1.73. The SMILES string of the molecule is COC(=O)c1ccc(CS(=O)(=O)NC(CO)C(C)C)cc1. The van der Waals surface area contributed by atoms with Gasteiger partial charge < -0.3 is 9.84 Å². The molecule has 0 amide bonds. The zero-order valence-electron chi connectivity index (χ0n) is 12.4. The monoisotopic (exact) mass is 315 g/mol. The summed E-state index contributed by atoms with van der Waals surface area (Å²) in [6, 6.07) is 5.65. The molecule has 0 aliphatic heterocycles. The number of aliphatic hydroxyl groups excluding tert-OH is 1. The first kappa shape index (κ1) is 17.6. The van der Waals surface area contributed by atoms with Crippen LogP contribution in [0.4, 0.5) is 0 Å². The van der Waals surface area contributed by atoms with E-state index in [1.165, 1.54) is 19.2 Å². The molecular formula is C14H21NO5S. The van der Waals surface area contributed by atoms with Crippen LogP contribution in [0.1, 0.15) is 29.8 Å². The lowest BCUT2D eigenvalue weighted by Gasteiger charge is -2.19. The molecule has 0 aliphatic carbocycles. The first-order valence-electron chi connectivity index (χ1n) is 6.57. The normalized spacial score (nSPS) is 13.2. The fraction of sp³-hybridized carbons (Fsp3) is 0.500. The predicted octanol–water partition coefficient (Wildman–Crippen LogP) is 0.909. The molecule has 1 aromatic rings. The zero-order chi connectivity index (χ0) is 16.0. The predicted molar refractivity (Wildman–Crippen MR) is 79.3 cm³/mol. The number of esters is 1. The standard InChI is InChI=1S/C14H21NO5S/c1-10(2)13(8-16)15-21(18,19)9-11-4-6-12(7-5-11)14(17)20-3/h4-7,10,13,15-16H,8-9H2,1-3H3. The topological polar surface area (TPSA) is 92.7 Å². The summed E-state index contributed by atoms with van der Waals surface area (Å²) in [6.45, 7) is 3.40. The summed E-state index contributed by atoms with van der Waals surface area (Å²) in [5, 5.41) is 9.17. The van der Waals surface area contributed by atoms with Gasteiger partial charge in [0, 0.05) is 6.04 Å². The first-order valence-corrected chi connectivity index (χ1v) is 8.22. The molecule has 0 radical (unpaired) electrons. The van der Waals surface area contributed by atoms with E-state index in [2.05, 4.69) is 9.46 Å². The fourth-order valence-corrected chi connectivity index (χ4v) is 3.25. The van der Waals surface area contributed by atoms with Crippen LogP contribution in [0.2, 0.25) is 0 Å². The Morgan fingerprint density at radius 1 is 1.29 bits per heavy atom. The van der Waals surface area contributed by atoms with Gasteiger partial charge in [0.15, 0.2) is 0 Å². The second-order valence-corrected chi connectivity index (χ2v) is 6.85. The van der Waals surface area contributed by atoms with E-state index in [1.54, 1.807) is 12.1 Å². The van der Waals surface area contributed by atoms with Gasteiger partial charge >= 0.3 is 5.97 Å². The molecule has 6 nitrogen and oxygen atoms in total. The van der Waals surface area contributed by atoms with Gasteiger partial charge in [-0.1, -0.05) is 26.0 Å². The molecule has 0 aliphatic rings. The van der Waals surface area contributed by atoms with Crippen molar-refractivity contribution in [3.63, 3.8) is 0 Å². The largest absolute Gasteiger partial charge is 0.465 e. The van der Waals surface area contributed by atoms with E-state index in [9.17, 15) is 18.3 Å². The lowest BCUT2D eigenvalue weighted by atomic mass is 10.1. The molecule has 1 rings (SSSR count). The summed E-state index contributed by atoms with van der Waals surface area (Å²) in [6.07, 6.45) is 0. The maximum Gasteiger partial charge on any atom is 0.337 e. The summed E-state index contributed by atoms with van der Waals surface area (Å²) in [4.78, 5) is 11.3. The smallest absolute Gasteiger partial charge is 0.337 e. The number of hydrogen-bond acceptors (Lipinski definition) is 5. The van der Waals surface area contributed by atoms with Crippen molar-refractivity contribution in [2.24, 2.45) is 5.92 Å². The van der Waals surface area contributed by atoms with E-state index in [0.29, 0.717) is 11.1 Å². The highest BCUT2D eigenvalue weighted by molar-refractivity contribution is 7.88. The molecule has 0 fully saturated rings. The molecule has 0 spiro atoms. The van der Waals surface area contributed by atoms with Crippen LogP contribution in [0.5, 0.6) is 0 Å². The number of benzene rings is 1. The Morgan fingerprint density at radius 3 is 2.29 bits per heavy atom. The van der Waals surface area contributed by atoms with Crippen LogP contribution in [0.25, 0.3) is 0 Å². The van der Waals surface area contributed by atoms with Crippen molar-refractivity contribution in [3.05, 3.63) is 35.4 Å². The number of ether oxygens (including phenoxy) is 1. The first-order chi connectivity index (χ1) is 9.79. The third kappa shape index (κ3) is 5.45. The minimum Gasteiger partial charge on any atom is -0.465 e. The molecule has 0 saturated carbocycles. The van der Waals surface area contributed by atoms with E-state index >= 15 is 0 Å². The van der Waals surface area contributed by atoms with E-state index in [1.807, 2.05) is 13.8 Å². The van der Waals surface area contributed by atoms with Crippen molar-refractivity contribution in [1.82, 2.24) is 4.72 Å². The van der Waals surface area contributed by atoms with Gasteiger partial charge in [-0.15, -0.1) is 0 Å². The Bertz CT molecular complexity index is 566. The van der Waals surface area contributed by atoms with Crippen molar-refractivity contribution < 1.29 is 23.1 Å². The summed E-state index contributed by atoms with van der Waals surface area (Å²) in [5.74, 6) is -0.688. The van der Waals surface area contributed by atoms with Crippen LogP contribution in [0.3, 0.4) is 0 Å². The minimum absolute atomic E-state index is 0.00789. The summed E-state index contributed by atoms with van der Waals surface area (Å²) in [5.41, 5.74) is 0.914. The number of nitrogens with one attached hydrogen (secondary N) is 1. The molecule has 0 heterocycles. The van der Waals surface area contributed by atoms with Gasteiger partial charge in [0.1, 0.15) is 0 Å². The maximum atomic E-state index is 12.0. The van der Waals surface area contributed by atoms with Crippen LogP contribution < -0.4 is 4.72 Å². The minimum atomic E-state index is -3.56. The number of hydrogen-bond donors (Lipinski definition) is 2. The number of aliphatic hydroxyl groups is 1. The van der Waals surface area contributed by atoms with Gasteiger partial charge in [-0.25, -0.2) is 17.9 Å². The van der Waals surface area contributed by atoms with Crippen molar-refractivity contribution in [3.8, 4) is 0 Å². The molecule has 2 N–H and O–H groups in total. The quantitative estimate of drug-likeness (QED) is 0.730. The number of rotatable bonds is 7. The molecule has 0 saturated heterocycles. The Balaban J connectivity index is 2.77. The van der Waals surface area contributed by atoms with Gasteiger partial charge in [0.2, 0.25) is 10.0 Å². The number of sulfonamides is 1. The summed E-state index contributed by atoms with van der Waals surface area (Å²) in [7, 11) is -2.27. The van der Waals surface area contributed by atoms with Crippen molar-refractivity contribution in [1.29, 1.82) is 0 Å². The Hall–Kier alpha value is -1.44. The highest BCUT2D eigenvalue weighted by Gasteiger charge is 2.20. The molecule has 7 heteroatoms. The van der Waals surface area contributed by atoms with E-state index in [-0.39, 0.29) is 18.3 Å². The maximum absolute atomic E-state index is 12.0. The molecule has 1 unspecified atom stereocenters. The highest BCUT2D eigenvalue weighted by atomic mass is 32.2. The summed E-state index contributed by atoms with van der Waals surface area (Å²) < 4.78 is 31.1. The lowest BCUT2D eigenvalue weighted by Crippen LogP contribution is -2.41. The Morgan fingerprint density at radius 2 is 1.86 bits per heavy atom. The highest BCUT2D eigenvalue weighted by Crippen LogP contribution is 2.10. The van der Waals surface area contributed by atoms with Gasteiger partial charge in [-0.05, 0) is 23.6 Å².